The van der Waals surface area contributed by atoms with Gasteiger partial charge in [0.05, 0.1) is 0 Å². The molecule has 3 rings (SSSR count). The number of nitrogens with two attached hydrogens (primary N) is 1. The Morgan fingerprint density at radius 2 is 1.71 bits per heavy atom. The van der Waals surface area contributed by atoms with Crippen molar-refractivity contribution < 1.29 is 14.6 Å². The van der Waals surface area contributed by atoms with E-state index < -0.39 is 5.97 Å². The quantitative estimate of drug-likeness (QED) is 0.336. The highest BCUT2D eigenvalue weighted by Crippen LogP contribution is 2.36. The third kappa shape index (κ3) is 6.16. The number of hydrogen-bond acceptors (Lipinski definition) is 4. The Balaban J connectivity index is 0.00000432. The highest BCUT2D eigenvalue weighted by molar-refractivity contribution is 6.32. The maximum Gasteiger partial charge on any atom is 0.339 e. The summed E-state index contributed by atoms with van der Waals surface area (Å²) < 4.78 is 6.22. The number of pyridine rings is 1. The molecular formula is C28H34Cl2N2O3. The number of rotatable bonds is 8. The maximum absolute atomic E-state index is 11.9. The molecule has 188 valence electrons. The molecule has 0 unspecified atom stereocenters. The van der Waals surface area contributed by atoms with E-state index in [1.54, 1.807) is 0 Å². The summed E-state index contributed by atoms with van der Waals surface area (Å²) in [6.45, 7) is 12.6. The smallest absolute Gasteiger partial charge is 0.339 e. The number of carbonyl (C=O) groups is 1. The maximum atomic E-state index is 11.9. The molecule has 35 heavy (non-hydrogen) atoms. The molecular weight excluding hydrogens is 483 g/mol. The minimum Gasteiger partial charge on any atom is -0.488 e. The number of aryl methyl sites for hydroxylation is 2. The van der Waals surface area contributed by atoms with Crippen molar-refractivity contribution >= 4 is 30.0 Å². The lowest BCUT2D eigenvalue weighted by Crippen LogP contribution is -2.15. The average molecular weight is 517 g/mol. The van der Waals surface area contributed by atoms with Crippen molar-refractivity contribution in [3.63, 3.8) is 0 Å². The van der Waals surface area contributed by atoms with Gasteiger partial charge in [-0.2, -0.15) is 0 Å². The van der Waals surface area contributed by atoms with Gasteiger partial charge < -0.3 is 15.6 Å². The van der Waals surface area contributed by atoms with Gasteiger partial charge in [0.15, 0.2) is 0 Å². The Labute approximate surface area is 219 Å². The van der Waals surface area contributed by atoms with E-state index in [0.29, 0.717) is 28.8 Å². The van der Waals surface area contributed by atoms with Gasteiger partial charge >= 0.3 is 5.97 Å². The molecule has 1 aromatic heterocycles. The monoisotopic (exact) mass is 516 g/mol. The number of aromatic carboxylic acids is 1. The SMILES string of the molecule is Cc1ccc(-c2c(COc3c(C(=O)O)cc(Cl)c(C)c3C)c(C)nc(CC(C)C)c2CN)cc1.Cl. The second-order valence-corrected chi connectivity index (χ2v) is 9.63. The predicted octanol–water partition coefficient (Wildman–Crippen LogP) is 6.99. The molecule has 2 aromatic carbocycles. The van der Waals surface area contributed by atoms with Crippen molar-refractivity contribution in [3.8, 4) is 16.9 Å². The summed E-state index contributed by atoms with van der Waals surface area (Å²) in [7, 11) is 0. The molecule has 0 amide bonds. The fourth-order valence-electron chi connectivity index (χ4n) is 4.21. The molecule has 0 atom stereocenters. The zero-order chi connectivity index (χ0) is 25.2. The lowest BCUT2D eigenvalue weighted by molar-refractivity contribution is 0.0691. The average Bonchev–Trinajstić information content (AvgIpc) is 2.77. The molecule has 3 N–H and O–H groups in total. The molecule has 7 heteroatoms. The summed E-state index contributed by atoms with van der Waals surface area (Å²) in [5.41, 5.74) is 14.8. The molecule has 0 bridgehead atoms. The summed E-state index contributed by atoms with van der Waals surface area (Å²) in [6.07, 6.45) is 0.825. The van der Waals surface area contributed by atoms with E-state index in [1.165, 1.54) is 11.6 Å². The number of carboxylic acid groups (broad SMARTS) is 1. The lowest BCUT2D eigenvalue weighted by atomic mass is 9.90. The minimum absolute atomic E-state index is 0. The lowest BCUT2D eigenvalue weighted by Gasteiger charge is -2.22. The van der Waals surface area contributed by atoms with Crippen molar-refractivity contribution in [2.45, 2.75) is 61.1 Å². The van der Waals surface area contributed by atoms with Crippen LogP contribution in [0.25, 0.3) is 11.1 Å². The van der Waals surface area contributed by atoms with Gasteiger partial charge in [0.2, 0.25) is 0 Å². The number of aromatic nitrogens is 1. The predicted molar refractivity (Wildman–Crippen MR) is 145 cm³/mol. The van der Waals surface area contributed by atoms with Gasteiger partial charge in [0, 0.05) is 28.5 Å². The van der Waals surface area contributed by atoms with Gasteiger partial charge in [-0.3, -0.25) is 4.98 Å². The number of hydrogen-bond donors (Lipinski definition) is 2. The third-order valence-corrected chi connectivity index (χ3v) is 6.60. The summed E-state index contributed by atoms with van der Waals surface area (Å²) >= 11 is 6.25. The number of carboxylic acids is 1. The zero-order valence-electron chi connectivity index (χ0n) is 21.2. The first-order chi connectivity index (χ1) is 16.0. The Kier molecular flexibility index (Phi) is 9.73. The van der Waals surface area contributed by atoms with Crippen molar-refractivity contribution in [3.05, 3.63) is 80.1 Å². The highest BCUT2D eigenvalue weighted by Gasteiger charge is 2.22. The topological polar surface area (TPSA) is 85.4 Å². The number of nitrogens with zero attached hydrogens (tertiary/aromatic N) is 1. The first-order valence-corrected chi connectivity index (χ1v) is 11.9. The highest BCUT2D eigenvalue weighted by atomic mass is 35.5. The van der Waals surface area contributed by atoms with Crippen LogP contribution < -0.4 is 10.5 Å². The Morgan fingerprint density at radius 3 is 2.26 bits per heavy atom. The van der Waals surface area contributed by atoms with E-state index in [-0.39, 0.29) is 24.6 Å². The fourth-order valence-corrected chi connectivity index (χ4v) is 4.46. The summed E-state index contributed by atoms with van der Waals surface area (Å²) in [5.74, 6) is -0.323. The van der Waals surface area contributed by atoms with E-state index in [1.807, 2.05) is 20.8 Å². The Morgan fingerprint density at radius 1 is 1.09 bits per heavy atom. The normalized spacial score (nSPS) is 10.9. The van der Waals surface area contributed by atoms with Crippen LogP contribution in [0.3, 0.4) is 0 Å². The molecule has 0 saturated heterocycles. The summed E-state index contributed by atoms with van der Waals surface area (Å²) in [6, 6.07) is 9.78. The third-order valence-electron chi connectivity index (χ3n) is 6.21. The van der Waals surface area contributed by atoms with Gasteiger partial charge in [-0.1, -0.05) is 55.3 Å². The van der Waals surface area contributed by atoms with E-state index >= 15 is 0 Å². The van der Waals surface area contributed by atoms with Gasteiger partial charge in [0.1, 0.15) is 17.9 Å². The molecule has 0 saturated carbocycles. The van der Waals surface area contributed by atoms with Crippen LogP contribution in [0.2, 0.25) is 5.02 Å². The number of benzene rings is 2. The van der Waals surface area contributed by atoms with Crippen molar-refractivity contribution in [2.75, 3.05) is 0 Å². The Bertz CT molecular complexity index is 1220. The molecule has 0 fully saturated rings. The van der Waals surface area contributed by atoms with Gasteiger partial charge in [-0.15, -0.1) is 12.4 Å². The van der Waals surface area contributed by atoms with E-state index in [0.717, 1.165) is 45.6 Å². The molecule has 5 nitrogen and oxygen atoms in total. The van der Waals surface area contributed by atoms with Crippen LogP contribution in [-0.2, 0) is 19.6 Å². The van der Waals surface area contributed by atoms with Crippen LogP contribution in [0.5, 0.6) is 5.75 Å². The van der Waals surface area contributed by atoms with Gasteiger partial charge in [-0.25, -0.2) is 4.79 Å². The molecule has 0 aliphatic heterocycles. The molecule has 0 aliphatic carbocycles. The first-order valence-electron chi connectivity index (χ1n) is 11.5. The second kappa shape index (κ2) is 11.9. The molecule has 0 aliphatic rings. The number of ether oxygens (including phenoxy) is 1. The number of halogens is 2. The molecule has 0 radical (unpaired) electrons. The fraction of sp³-hybridized carbons (Fsp3) is 0.357. The van der Waals surface area contributed by atoms with Crippen molar-refractivity contribution in [1.29, 1.82) is 0 Å². The van der Waals surface area contributed by atoms with E-state index in [4.69, 9.17) is 27.1 Å². The molecule has 3 aromatic rings. The van der Waals surface area contributed by atoms with Crippen LogP contribution in [0.4, 0.5) is 0 Å². The largest absolute Gasteiger partial charge is 0.488 e. The molecule has 0 spiro atoms. The summed E-state index contributed by atoms with van der Waals surface area (Å²) in [4.78, 5) is 16.8. The standard InChI is InChI=1S/C28H33ClN2O3.ClH/c1-15(2)11-25-22(13-30)26(20-9-7-16(3)8-10-20)23(19(6)31-25)14-34-27-18(5)17(4)24(29)12-21(27)28(32)33;/h7-10,12,15H,11,13-14,30H2,1-6H3,(H,32,33);1H. The van der Waals surface area contributed by atoms with Crippen LogP contribution in [0, 0.1) is 33.6 Å². The zero-order valence-corrected chi connectivity index (χ0v) is 22.7. The molecule has 1 heterocycles. The Hall–Kier alpha value is -2.60. The summed E-state index contributed by atoms with van der Waals surface area (Å²) in [5, 5.41) is 10.2. The van der Waals surface area contributed by atoms with Crippen LogP contribution in [0.15, 0.2) is 30.3 Å². The minimum atomic E-state index is -1.08. The van der Waals surface area contributed by atoms with Gasteiger partial charge in [0.25, 0.3) is 0 Å². The van der Waals surface area contributed by atoms with E-state index in [2.05, 4.69) is 45.0 Å². The second-order valence-electron chi connectivity index (χ2n) is 9.22. The van der Waals surface area contributed by atoms with Crippen LogP contribution in [0.1, 0.15) is 63.4 Å². The van der Waals surface area contributed by atoms with Crippen molar-refractivity contribution in [2.24, 2.45) is 11.7 Å². The van der Waals surface area contributed by atoms with E-state index in [9.17, 15) is 9.90 Å². The van der Waals surface area contributed by atoms with Crippen LogP contribution in [-0.4, -0.2) is 16.1 Å². The van der Waals surface area contributed by atoms with Crippen molar-refractivity contribution in [1.82, 2.24) is 4.98 Å². The van der Waals surface area contributed by atoms with Gasteiger partial charge in [-0.05, 0) is 73.9 Å². The first kappa shape index (κ1) is 28.6. The van der Waals surface area contributed by atoms with Crippen LogP contribution >= 0.6 is 24.0 Å².